The largest absolute Gasteiger partial charge is 0.294 e. The van der Waals surface area contributed by atoms with Crippen molar-refractivity contribution >= 4 is 11.6 Å². The van der Waals surface area contributed by atoms with Gasteiger partial charge >= 0.3 is 0 Å². The zero-order valence-corrected chi connectivity index (χ0v) is 8.85. The lowest BCUT2D eigenvalue weighted by atomic mass is 9.97. The van der Waals surface area contributed by atoms with Gasteiger partial charge in [0, 0.05) is 10.6 Å². The Balaban J connectivity index is 3.16. The smallest absolute Gasteiger partial charge is 0.110 e. The second-order valence-electron chi connectivity index (χ2n) is 3.61. The Labute approximate surface area is 83.6 Å². The zero-order chi connectivity index (χ0) is 10.1. The van der Waals surface area contributed by atoms with Crippen LogP contribution in [0.25, 0.3) is 0 Å². The van der Waals surface area contributed by atoms with Crippen LogP contribution in [0.4, 0.5) is 0 Å². The van der Waals surface area contributed by atoms with E-state index in [9.17, 15) is 0 Å². The number of aryl methyl sites for hydroxylation is 1. The normalized spacial score (nSPS) is 11.8. The maximum Gasteiger partial charge on any atom is 0.110 e. The molecule has 0 bridgehead atoms. The van der Waals surface area contributed by atoms with Crippen molar-refractivity contribution in [3.8, 4) is 0 Å². The fraction of sp³-hybridized carbons (Fsp3) is 0.400. The van der Waals surface area contributed by atoms with E-state index in [1.807, 2.05) is 39.0 Å². The zero-order valence-electron chi connectivity index (χ0n) is 8.10. The SMILES string of the molecule is Cc1ccc(C(C)(C)ON)c(Cl)c1. The Kier molecular flexibility index (Phi) is 2.96. The van der Waals surface area contributed by atoms with E-state index in [0.717, 1.165) is 11.1 Å². The molecule has 0 saturated heterocycles. The first kappa shape index (κ1) is 10.5. The molecule has 0 atom stereocenters. The second kappa shape index (κ2) is 3.66. The molecular formula is C10H14ClNO. The molecule has 0 aromatic heterocycles. The van der Waals surface area contributed by atoms with Gasteiger partial charge in [-0.3, -0.25) is 4.84 Å². The minimum atomic E-state index is -0.537. The monoisotopic (exact) mass is 199 g/mol. The van der Waals surface area contributed by atoms with E-state index in [0.29, 0.717) is 5.02 Å². The van der Waals surface area contributed by atoms with Crippen molar-refractivity contribution in [2.45, 2.75) is 26.4 Å². The van der Waals surface area contributed by atoms with Crippen LogP contribution in [-0.4, -0.2) is 0 Å². The predicted octanol–water partition coefficient (Wildman–Crippen LogP) is 2.77. The highest BCUT2D eigenvalue weighted by Gasteiger charge is 2.23. The Hall–Kier alpha value is -0.570. The van der Waals surface area contributed by atoms with Crippen LogP contribution in [0.5, 0.6) is 0 Å². The van der Waals surface area contributed by atoms with E-state index in [1.54, 1.807) is 0 Å². The number of rotatable bonds is 2. The lowest BCUT2D eigenvalue weighted by Crippen LogP contribution is -2.25. The summed E-state index contributed by atoms with van der Waals surface area (Å²) in [6.07, 6.45) is 0. The molecule has 0 fully saturated rings. The van der Waals surface area contributed by atoms with E-state index in [-0.39, 0.29) is 0 Å². The first-order valence-electron chi connectivity index (χ1n) is 4.12. The van der Waals surface area contributed by atoms with Crippen molar-refractivity contribution in [2.24, 2.45) is 5.90 Å². The van der Waals surface area contributed by atoms with Gasteiger partial charge in [0.1, 0.15) is 5.60 Å². The number of nitrogens with two attached hydrogens (primary N) is 1. The quantitative estimate of drug-likeness (QED) is 0.744. The lowest BCUT2D eigenvalue weighted by Gasteiger charge is -2.23. The minimum Gasteiger partial charge on any atom is -0.294 e. The van der Waals surface area contributed by atoms with Crippen molar-refractivity contribution in [2.75, 3.05) is 0 Å². The third-order valence-corrected chi connectivity index (χ3v) is 2.38. The molecule has 0 heterocycles. The summed E-state index contributed by atoms with van der Waals surface area (Å²) in [5.74, 6) is 5.19. The molecule has 1 aromatic rings. The number of hydrogen-bond acceptors (Lipinski definition) is 2. The van der Waals surface area contributed by atoms with E-state index < -0.39 is 5.60 Å². The molecule has 0 radical (unpaired) electrons. The summed E-state index contributed by atoms with van der Waals surface area (Å²) in [7, 11) is 0. The van der Waals surface area contributed by atoms with Crippen molar-refractivity contribution in [3.05, 3.63) is 34.3 Å². The van der Waals surface area contributed by atoms with Gasteiger partial charge in [-0.2, -0.15) is 0 Å². The topological polar surface area (TPSA) is 35.2 Å². The Morgan fingerprint density at radius 1 is 1.38 bits per heavy atom. The van der Waals surface area contributed by atoms with Gasteiger partial charge in [-0.25, -0.2) is 5.90 Å². The average Bonchev–Trinajstić information content (AvgIpc) is 2.03. The van der Waals surface area contributed by atoms with Crippen LogP contribution in [0, 0.1) is 6.92 Å². The Bertz CT molecular complexity index is 310. The molecule has 1 aromatic carbocycles. The van der Waals surface area contributed by atoms with Crippen molar-refractivity contribution in [3.63, 3.8) is 0 Å². The number of halogens is 1. The molecule has 0 aliphatic heterocycles. The highest BCUT2D eigenvalue weighted by atomic mass is 35.5. The molecule has 2 nitrogen and oxygen atoms in total. The first-order valence-corrected chi connectivity index (χ1v) is 4.49. The fourth-order valence-corrected chi connectivity index (χ4v) is 1.63. The van der Waals surface area contributed by atoms with Gasteiger partial charge in [0.15, 0.2) is 0 Å². The van der Waals surface area contributed by atoms with Crippen molar-refractivity contribution in [1.29, 1.82) is 0 Å². The summed E-state index contributed by atoms with van der Waals surface area (Å²) in [6.45, 7) is 5.75. The molecule has 2 N–H and O–H groups in total. The van der Waals surface area contributed by atoms with Gasteiger partial charge in [-0.1, -0.05) is 23.7 Å². The molecule has 0 aliphatic carbocycles. The molecular weight excluding hydrogens is 186 g/mol. The van der Waals surface area contributed by atoms with E-state index >= 15 is 0 Å². The Morgan fingerprint density at radius 2 is 2.00 bits per heavy atom. The molecule has 13 heavy (non-hydrogen) atoms. The molecule has 0 amide bonds. The van der Waals surface area contributed by atoms with Gasteiger partial charge in [-0.05, 0) is 32.4 Å². The first-order chi connectivity index (χ1) is 5.97. The summed E-state index contributed by atoms with van der Waals surface area (Å²) in [6, 6.07) is 5.82. The van der Waals surface area contributed by atoms with E-state index in [4.69, 9.17) is 22.3 Å². The van der Waals surface area contributed by atoms with Gasteiger partial charge in [-0.15, -0.1) is 0 Å². The predicted molar refractivity (Wildman–Crippen MR) is 54.5 cm³/mol. The van der Waals surface area contributed by atoms with Crippen LogP contribution < -0.4 is 5.90 Å². The van der Waals surface area contributed by atoms with Crippen molar-refractivity contribution < 1.29 is 4.84 Å². The molecule has 3 heteroatoms. The second-order valence-corrected chi connectivity index (χ2v) is 4.02. The van der Waals surface area contributed by atoms with E-state index in [1.165, 1.54) is 0 Å². The maximum absolute atomic E-state index is 6.06. The van der Waals surface area contributed by atoms with E-state index in [2.05, 4.69) is 0 Å². The third kappa shape index (κ3) is 2.21. The number of benzene rings is 1. The molecule has 0 aliphatic rings. The highest BCUT2D eigenvalue weighted by molar-refractivity contribution is 6.31. The summed E-state index contributed by atoms with van der Waals surface area (Å²) in [4.78, 5) is 4.86. The summed E-state index contributed by atoms with van der Waals surface area (Å²) < 4.78 is 0. The van der Waals surface area contributed by atoms with Gasteiger partial charge in [0.05, 0.1) is 0 Å². The van der Waals surface area contributed by atoms with Gasteiger partial charge in [0.25, 0.3) is 0 Å². The van der Waals surface area contributed by atoms with Crippen LogP contribution >= 0.6 is 11.6 Å². The van der Waals surface area contributed by atoms with Crippen LogP contribution in [0.1, 0.15) is 25.0 Å². The Morgan fingerprint density at radius 3 is 2.46 bits per heavy atom. The lowest BCUT2D eigenvalue weighted by molar-refractivity contribution is -0.0235. The molecule has 0 saturated carbocycles. The molecule has 72 valence electrons. The van der Waals surface area contributed by atoms with Crippen LogP contribution in [0.15, 0.2) is 18.2 Å². The van der Waals surface area contributed by atoms with Crippen LogP contribution in [0.3, 0.4) is 0 Å². The standard InChI is InChI=1S/C10H14ClNO/c1-7-4-5-8(9(11)6-7)10(2,3)13-12/h4-6H,12H2,1-3H3. The number of hydrogen-bond donors (Lipinski definition) is 1. The minimum absolute atomic E-state index is 0.537. The molecule has 1 rings (SSSR count). The van der Waals surface area contributed by atoms with Gasteiger partial charge < -0.3 is 0 Å². The summed E-state index contributed by atoms with van der Waals surface area (Å²) in [5, 5.41) is 0.690. The van der Waals surface area contributed by atoms with Gasteiger partial charge in [0.2, 0.25) is 0 Å². The summed E-state index contributed by atoms with van der Waals surface area (Å²) in [5.41, 5.74) is 1.49. The summed E-state index contributed by atoms with van der Waals surface area (Å²) >= 11 is 6.06. The average molecular weight is 200 g/mol. The molecule has 0 spiro atoms. The fourth-order valence-electron chi connectivity index (χ4n) is 1.17. The maximum atomic E-state index is 6.06. The van der Waals surface area contributed by atoms with Crippen molar-refractivity contribution in [1.82, 2.24) is 0 Å². The molecule has 0 unspecified atom stereocenters. The van der Waals surface area contributed by atoms with Crippen LogP contribution in [-0.2, 0) is 10.4 Å². The third-order valence-electron chi connectivity index (χ3n) is 2.07. The highest BCUT2D eigenvalue weighted by Crippen LogP contribution is 2.30. The van der Waals surface area contributed by atoms with Crippen LogP contribution in [0.2, 0.25) is 5.02 Å².